The molecule has 0 saturated heterocycles. The van der Waals surface area contributed by atoms with Gasteiger partial charge in [-0.15, -0.1) is 0 Å². The number of fused-ring (bicyclic) bond motifs is 1. The van der Waals surface area contributed by atoms with Crippen molar-refractivity contribution in [2.75, 3.05) is 11.9 Å². The maximum Gasteiger partial charge on any atom is 0.135 e. The molecule has 2 aromatic rings. The summed E-state index contributed by atoms with van der Waals surface area (Å²) in [5.74, 6) is 0.712. The Morgan fingerprint density at radius 3 is 2.94 bits per heavy atom. The summed E-state index contributed by atoms with van der Waals surface area (Å²) in [5.41, 5.74) is 0. The average Bonchev–Trinajstić information content (AvgIpc) is 2.25. The molecule has 0 amide bonds. The van der Waals surface area contributed by atoms with Gasteiger partial charge in [0.25, 0.3) is 0 Å². The second kappa shape index (κ2) is 4.68. The van der Waals surface area contributed by atoms with Crippen molar-refractivity contribution in [3.63, 3.8) is 0 Å². The zero-order valence-electron chi connectivity index (χ0n) is 8.94. The number of nitrogens with one attached hydrogen (secondary N) is 1. The predicted octanol–water partition coefficient (Wildman–Crippen LogP) is 2.68. The first-order valence-electron chi connectivity index (χ1n) is 5.14. The normalized spacial score (nSPS) is 12.7. The van der Waals surface area contributed by atoms with Crippen molar-refractivity contribution in [3.8, 4) is 0 Å². The van der Waals surface area contributed by atoms with Crippen LogP contribution in [0.5, 0.6) is 0 Å². The van der Waals surface area contributed by atoms with Crippen LogP contribution in [0.4, 0.5) is 5.82 Å². The molecule has 0 radical (unpaired) electrons. The number of halogens is 1. The van der Waals surface area contributed by atoms with Gasteiger partial charge in [0.15, 0.2) is 0 Å². The summed E-state index contributed by atoms with van der Waals surface area (Å²) in [5, 5.41) is 14.8. The lowest BCUT2D eigenvalue weighted by Gasteiger charge is -2.10. The van der Waals surface area contributed by atoms with Crippen LogP contribution in [0.15, 0.2) is 30.3 Å². The van der Waals surface area contributed by atoms with Crippen molar-refractivity contribution in [3.05, 3.63) is 35.5 Å². The standard InChI is InChI=1S/C12H13ClN2O/c1-8(16)7-14-12-10-5-3-2-4-9(10)6-11(13)15-12/h2-6,8,16H,7H2,1H3,(H,14,15). The van der Waals surface area contributed by atoms with Crippen LogP contribution in [0.25, 0.3) is 10.8 Å². The van der Waals surface area contributed by atoms with Crippen LogP contribution in [0.1, 0.15) is 6.92 Å². The van der Waals surface area contributed by atoms with Crippen LogP contribution >= 0.6 is 11.6 Å². The van der Waals surface area contributed by atoms with Crippen molar-refractivity contribution in [2.45, 2.75) is 13.0 Å². The van der Waals surface area contributed by atoms with Gasteiger partial charge in [-0.3, -0.25) is 0 Å². The van der Waals surface area contributed by atoms with Crippen LogP contribution in [0, 0.1) is 0 Å². The second-order valence-electron chi connectivity index (χ2n) is 3.74. The first-order chi connectivity index (χ1) is 7.66. The summed E-state index contributed by atoms with van der Waals surface area (Å²) in [7, 11) is 0. The monoisotopic (exact) mass is 236 g/mol. The first-order valence-corrected chi connectivity index (χ1v) is 5.52. The lowest BCUT2D eigenvalue weighted by Crippen LogP contribution is -2.16. The van der Waals surface area contributed by atoms with E-state index in [1.807, 2.05) is 30.3 Å². The van der Waals surface area contributed by atoms with E-state index in [1.165, 1.54) is 0 Å². The molecule has 4 heteroatoms. The third kappa shape index (κ3) is 2.43. The minimum Gasteiger partial charge on any atom is -0.392 e. The summed E-state index contributed by atoms with van der Waals surface area (Å²) in [6, 6.07) is 9.69. The third-order valence-electron chi connectivity index (χ3n) is 2.27. The van der Waals surface area contributed by atoms with Gasteiger partial charge in [-0.2, -0.15) is 0 Å². The topological polar surface area (TPSA) is 45.1 Å². The van der Waals surface area contributed by atoms with Gasteiger partial charge in [-0.25, -0.2) is 4.98 Å². The molecule has 1 atom stereocenters. The Balaban J connectivity index is 2.42. The summed E-state index contributed by atoms with van der Waals surface area (Å²) in [6.45, 7) is 2.18. The number of aliphatic hydroxyl groups is 1. The molecule has 84 valence electrons. The first kappa shape index (κ1) is 11.2. The van der Waals surface area contributed by atoms with Crippen molar-refractivity contribution in [1.29, 1.82) is 0 Å². The van der Waals surface area contributed by atoms with Crippen LogP contribution in [0.3, 0.4) is 0 Å². The molecule has 0 aliphatic heterocycles. The molecule has 16 heavy (non-hydrogen) atoms. The number of rotatable bonds is 3. The fraction of sp³-hybridized carbons (Fsp3) is 0.250. The van der Waals surface area contributed by atoms with Gasteiger partial charge in [0.05, 0.1) is 6.10 Å². The molecular weight excluding hydrogens is 224 g/mol. The highest BCUT2D eigenvalue weighted by atomic mass is 35.5. The molecule has 1 heterocycles. The maximum atomic E-state index is 9.23. The van der Waals surface area contributed by atoms with E-state index in [9.17, 15) is 5.11 Å². The molecule has 1 aromatic heterocycles. The number of hydrogen-bond donors (Lipinski definition) is 2. The Bertz CT molecular complexity index is 499. The highest BCUT2D eigenvalue weighted by Gasteiger charge is 2.05. The molecule has 2 N–H and O–H groups in total. The number of benzene rings is 1. The number of anilines is 1. The quantitative estimate of drug-likeness (QED) is 0.806. The van der Waals surface area contributed by atoms with E-state index < -0.39 is 6.10 Å². The molecule has 3 nitrogen and oxygen atoms in total. The fourth-order valence-corrected chi connectivity index (χ4v) is 1.75. The third-order valence-corrected chi connectivity index (χ3v) is 2.47. The lowest BCUT2D eigenvalue weighted by atomic mass is 10.1. The minimum atomic E-state index is -0.417. The molecule has 1 aromatic carbocycles. The number of pyridine rings is 1. The zero-order chi connectivity index (χ0) is 11.5. The Morgan fingerprint density at radius 1 is 1.44 bits per heavy atom. The van der Waals surface area contributed by atoms with E-state index >= 15 is 0 Å². The van der Waals surface area contributed by atoms with E-state index in [-0.39, 0.29) is 0 Å². The Labute approximate surface area is 99.1 Å². The summed E-state index contributed by atoms with van der Waals surface area (Å²) < 4.78 is 0. The van der Waals surface area contributed by atoms with Gasteiger partial charge in [0.1, 0.15) is 11.0 Å². The van der Waals surface area contributed by atoms with E-state index in [2.05, 4.69) is 10.3 Å². The average molecular weight is 237 g/mol. The second-order valence-corrected chi connectivity index (χ2v) is 4.13. The molecule has 2 rings (SSSR count). The largest absolute Gasteiger partial charge is 0.392 e. The Hall–Kier alpha value is -1.32. The van der Waals surface area contributed by atoms with E-state index in [1.54, 1.807) is 6.92 Å². The van der Waals surface area contributed by atoms with E-state index in [0.29, 0.717) is 17.5 Å². The smallest absolute Gasteiger partial charge is 0.135 e. The summed E-state index contributed by atoms with van der Waals surface area (Å²) in [6.07, 6.45) is -0.417. The van der Waals surface area contributed by atoms with Crippen molar-refractivity contribution >= 4 is 28.2 Å². The predicted molar refractivity (Wildman–Crippen MR) is 66.9 cm³/mol. The Kier molecular flexibility index (Phi) is 3.27. The van der Waals surface area contributed by atoms with Gasteiger partial charge in [-0.1, -0.05) is 35.9 Å². The van der Waals surface area contributed by atoms with Crippen molar-refractivity contribution < 1.29 is 5.11 Å². The molecule has 0 bridgehead atoms. The SMILES string of the molecule is CC(O)CNc1nc(Cl)cc2ccccc12. The van der Waals surface area contributed by atoms with Gasteiger partial charge in [0.2, 0.25) is 0 Å². The van der Waals surface area contributed by atoms with Crippen LogP contribution < -0.4 is 5.32 Å². The lowest BCUT2D eigenvalue weighted by molar-refractivity contribution is 0.208. The van der Waals surface area contributed by atoms with Gasteiger partial charge < -0.3 is 10.4 Å². The molecule has 1 unspecified atom stereocenters. The van der Waals surface area contributed by atoms with Gasteiger partial charge in [0, 0.05) is 11.9 Å². The maximum absolute atomic E-state index is 9.23. The molecule has 0 spiro atoms. The molecular formula is C12H13ClN2O. The molecule has 0 fully saturated rings. The number of aromatic nitrogens is 1. The number of aliphatic hydroxyl groups excluding tert-OH is 1. The highest BCUT2D eigenvalue weighted by Crippen LogP contribution is 2.24. The van der Waals surface area contributed by atoms with Crippen LogP contribution in [-0.2, 0) is 0 Å². The minimum absolute atomic E-state index is 0.417. The molecule has 0 aliphatic rings. The van der Waals surface area contributed by atoms with Crippen LogP contribution in [0.2, 0.25) is 5.15 Å². The molecule has 0 saturated carbocycles. The zero-order valence-corrected chi connectivity index (χ0v) is 9.70. The van der Waals surface area contributed by atoms with Crippen molar-refractivity contribution in [1.82, 2.24) is 4.98 Å². The van der Waals surface area contributed by atoms with Crippen LogP contribution in [-0.4, -0.2) is 22.7 Å². The Morgan fingerprint density at radius 2 is 2.19 bits per heavy atom. The van der Waals surface area contributed by atoms with Gasteiger partial charge >= 0.3 is 0 Å². The fourth-order valence-electron chi connectivity index (χ4n) is 1.55. The van der Waals surface area contributed by atoms with Crippen molar-refractivity contribution in [2.24, 2.45) is 0 Å². The highest BCUT2D eigenvalue weighted by molar-refractivity contribution is 6.30. The summed E-state index contributed by atoms with van der Waals surface area (Å²) in [4.78, 5) is 4.22. The van der Waals surface area contributed by atoms with E-state index in [4.69, 9.17) is 11.6 Å². The molecule has 0 aliphatic carbocycles. The van der Waals surface area contributed by atoms with Gasteiger partial charge in [-0.05, 0) is 18.4 Å². The summed E-state index contributed by atoms with van der Waals surface area (Å²) >= 11 is 5.93. The number of nitrogens with zero attached hydrogens (tertiary/aromatic N) is 1. The number of hydrogen-bond acceptors (Lipinski definition) is 3. The van der Waals surface area contributed by atoms with E-state index in [0.717, 1.165) is 10.8 Å².